The zero-order valence-corrected chi connectivity index (χ0v) is 15.1. The van der Waals surface area contributed by atoms with Crippen molar-refractivity contribution in [3.8, 4) is 34.1 Å². The van der Waals surface area contributed by atoms with Crippen molar-refractivity contribution in [2.24, 2.45) is 0 Å². The molecule has 0 saturated carbocycles. The molecule has 0 unspecified atom stereocenters. The average Bonchev–Trinajstić information content (AvgIpc) is 2.68. The second-order valence-electron chi connectivity index (χ2n) is 6.22. The third-order valence-electron chi connectivity index (χ3n) is 4.18. The number of aromatic nitrogens is 2. The first-order chi connectivity index (χ1) is 12.8. The number of phenolic OH excluding ortho intramolecular Hbond substituents is 1. The topological polar surface area (TPSA) is 55.2 Å². The van der Waals surface area contributed by atoms with Crippen LogP contribution in [0.2, 0.25) is 0 Å². The summed E-state index contributed by atoms with van der Waals surface area (Å²) in [6, 6.07) is 16.8. The molecule has 3 rings (SSSR count). The summed E-state index contributed by atoms with van der Waals surface area (Å²) in [6.07, 6.45) is 6.44. The molecule has 0 aliphatic heterocycles. The Morgan fingerprint density at radius 3 is 2.69 bits per heavy atom. The molecule has 4 heteroatoms. The zero-order valence-electron chi connectivity index (χ0n) is 15.1. The van der Waals surface area contributed by atoms with Crippen LogP contribution in [0.15, 0.2) is 60.8 Å². The molecule has 1 heterocycles. The number of para-hydroxylation sites is 1. The largest absolute Gasteiger partial charge is 0.508 e. The standard InChI is InChI=1S/C22H24N2O2/c1-2-3-4-7-15-26-21-12-6-5-11-19(21)20-13-14-23-22(24-20)17-9-8-10-18(25)16-17/h5-6,8-14,16,25H,2-4,7,15H2,1H3. The van der Waals surface area contributed by atoms with Crippen LogP contribution in [0.4, 0.5) is 0 Å². The van der Waals surface area contributed by atoms with Gasteiger partial charge in [0.25, 0.3) is 0 Å². The minimum absolute atomic E-state index is 0.201. The summed E-state index contributed by atoms with van der Waals surface area (Å²) in [5, 5.41) is 9.69. The lowest BCUT2D eigenvalue weighted by atomic mass is 10.1. The van der Waals surface area contributed by atoms with Crippen LogP contribution in [0.5, 0.6) is 11.5 Å². The number of nitrogens with zero attached hydrogens (tertiary/aromatic N) is 2. The van der Waals surface area contributed by atoms with Crippen LogP contribution in [0.3, 0.4) is 0 Å². The molecular weight excluding hydrogens is 324 g/mol. The normalized spacial score (nSPS) is 10.7. The monoisotopic (exact) mass is 348 g/mol. The summed E-state index contributed by atoms with van der Waals surface area (Å²) in [5.41, 5.74) is 2.54. The third kappa shape index (κ3) is 4.60. The van der Waals surface area contributed by atoms with Gasteiger partial charge >= 0.3 is 0 Å². The van der Waals surface area contributed by atoms with Gasteiger partial charge in [0.2, 0.25) is 0 Å². The second-order valence-corrected chi connectivity index (χ2v) is 6.22. The second kappa shape index (κ2) is 8.99. The summed E-state index contributed by atoms with van der Waals surface area (Å²) in [7, 11) is 0. The molecule has 0 spiro atoms. The average molecular weight is 348 g/mol. The predicted octanol–water partition coefficient (Wildman–Crippen LogP) is 5.48. The van der Waals surface area contributed by atoms with Crippen LogP contribution >= 0.6 is 0 Å². The number of unbranched alkanes of at least 4 members (excludes halogenated alkanes) is 3. The van der Waals surface area contributed by atoms with Gasteiger partial charge in [-0.3, -0.25) is 0 Å². The van der Waals surface area contributed by atoms with E-state index < -0.39 is 0 Å². The molecule has 0 atom stereocenters. The molecule has 0 amide bonds. The summed E-state index contributed by atoms with van der Waals surface area (Å²) in [4.78, 5) is 9.01. The summed E-state index contributed by atoms with van der Waals surface area (Å²) >= 11 is 0. The first kappa shape index (κ1) is 17.9. The Labute approximate surface area is 154 Å². The van der Waals surface area contributed by atoms with Crippen LogP contribution in [-0.2, 0) is 0 Å². The van der Waals surface area contributed by atoms with E-state index in [2.05, 4.69) is 16.9 Å². The lowest BCUT2D eigenvalue weighted by Gasteiger charge is -2.11. The quantitative estimate of drug-likeness (QED) is 0.548. The van der Waals surface area contributed by atoms with E-state index in [-0.39, 0.29) is 5.75 Å². The summed E-state index contributed by atoms with van der Waals surface area (Å²) in [5.74, 6) is 1.62. The van der Waals surface area contributed by atoms with Crippen molar-refractivity contribution in [1.29, 1.82) is 0 Å². The van der Waals surface area contributed by atoms with Crippen molar-refractivity contribution >= 4 is 0 Å². The smallest absolute Gasteiger partial charge is 0.159 e. The highest BCUT2D eigenvalue weighted by atomic mass is 16.5. The zero-order chi connectivity index (χ0) is 18.2. The van der Waals surface area contributed by atoms with Gasteiger partial charge in [0, 0.05) is 17.3 Å². The molecule has 0 radical (unpaired) electrons. The maximum absolute atomic E-state index is 9.69. The molecule has 0 aliphatic rings. The van der Waals surface area contributed by atoms with E-state index in [9.17, 15) is 5.11 Å². The van der Waals surface area contributed by atoms with Gasteiger partial charge in [-0.15, -0.1) is 0 Å². The van der Waals surface area contributed by atoms with Gasteiger partial charge in [-0.05, 0) is 36.8 Å². The molecule has 3 aromatic rings. The van der Waals surface area contributed by atoms with E-state index in [1.807, 2.05) is 36.4 Å². The highest BCUT2D eigenvalue weighted by molar-refractivity contribution is 5.69. The number of hydrogen-bond acceptors (Lipinski definition) is 4. The van der Waals surface area contributed by atoms with Crippen molar-refractivity contribution < 1.29 is 9.84 Å². The molecule has 0 fully saturated rings. The number of aromatic hydroxyl groups is 1. The lowest BCUT2D eigenvalue weighted by molar-refractivity contribution is 0.306. The van der Waals surface area contributed by atoms with E-state index in [1.165, 1.54) is 19.3 Å². The van der Waals surface area contributed by atoms with Gasteiger partial charge in [0.15, 0.2) is 5.82 Å². The fraction of sp³-hybridized carbons (Fsp3) is 0.273. The Hall–Kier alpha value is -2.88. The molecule has 0 aliphatic carbocycles. The van der Waals surface area contributed by atoms with E-state index in [1.54, 1.807) is 24.4 Å². The number of phenols is 1. The maximum atomic E-state index is 9.69. The minimum Gasteiger partial charge on any atom is -0.508 e. The maximum Gasteiger partial charge on any atom is 0.159 e. The van der Waals surface area contributed by atoms with Gasteiger partial charge in [-0.25, -0.2) is 9.97 Å². The van der Waals surface area contributed by atoms with Crippen LogP contribution in [0, 0.1) is 0 Å². The van der Waals surface area contributed by atoms with Crippen LogP contribution in [-0.4, -0.2) is 21.7 Å². The van der Waals surface area contributed by atoms with Crippen LogP contribution in [0.1, 0.15) is 32.6 Å². The van der Waals surface area contributed by atoms with Gasteiger partial charge < -0.3 is 9.84 Å². The van der Waals surface area contributed by atoms with Crippen molar-refractivity contribution in [1.82, 2.24) is 9.97 Å². The molecule has 1 N–H and O–H groups in total. The van der Waals surface area contributed by atoms with Gasteiger partial charge in [-0.1, -0.05) is 50.5 Å². The minimum atomic E-state index is 0.201. The Morgan fingerprint density at radius 1 is 0.962 bits per heavy atom. The number of hydrogen-bond donors (Lipinski definition) is 1. The molecule has 2 aromatic carbocycles. The van der Waals surface area contributed by atoms with E-state index >= 15 is 0 Å². The predicted molar refractivity (Wildman–Crippen MR) is 104 cm³/mol. The summed E-state index contributed by atoms with van der Waals surface area (Å²) < 4.78 is 6.00. The van der Waals surface area contributed by atoms with Crippen LogP contribution < -0.4 is 4.74 Å². The number of ether oxygens (including phenoxy) is 1. The van der Waals surface area contributed by atoms with Crippen molar-refractivity contribution in [2.75, 3.05) is 6.61 Å². The molecule has 1 aromatic heterocycles. The molecule has 4 nitrogen and oxygen atoms in total. The fourth-order valence-electron chi connectivity index (χ4n) is 2.81. The first-order valence-electron chi connectivity index (χ1n) is 9.12. The van der Waals surface area contributed by atoms with E-state index in [0.29, 0.717) is 12.4 Å². The third-order valence-corrected chi connectivity index (χ3v) is 4.18. The van der Waals surface area contributed by atoms with Gasteiger partial charge in [0.1, 0.15) is 11.5 Å². The number of benzene rings is 2. The Kier molecular flexibility index (Phi) is 6.20. The molecule has 0 saturated heterocycles. The molecule has 134 valence electrons. The Morgan fingerprint density at radius 2 is 1.85 bits per heavy atom. The highest BCUT2D eigenvalue weighted by Crippen LogP contribution is 2.30. The lowest BCUT2D eigenvalue weighted by Crippen LogP contribution is -2.00. The highest BCUT2D eigenvalue weighted by Gasteiger charge is 2.10. The molecule has 26 heavy (non-hydrogen) atoms. The van der Waals surface area contributed by atoms with E-state index in [0.717, 1.165) is 29.0 Å². The van der Waals surface area contributed by atoms with Crippen LogP contribution in [0.25, 0.3) is 22.6 Å². The van der Waals surface area contributed by atoms with Crippen molar-refractivity contribution in [2.45, 2.75) is 32.6 Å². The Balaban J connectivity index is 1.82. The molecular formula is C22H24N2O2. The van der Waals surface area contributed by atoms with Gasteiger partial charge in [-0.2, -0.15) is 0 Å². The fourth-order valence-corrected chi connectivity index (χ4v) is 2.81. The first-order valence-corrected chi connectivity index (χ1v) is 9.12. The van der Waals surface area contributed by atoms with Gasteiger partial charge in [0.05, 0.1) is 12.3 Å². The SMILES string of the molecule is CCCCCCOc1ccccc1-c1ccnc(-c2cccc(O)c2)n1. The van der Waals surface area contributed by atoms with Crippen molar-refractivity contribution in [3.63, 3.8) is 0 Å². The Bertz CT molecular complexity index is 849. The molecule has 0 bridgehead atoms. The van der Waals surface area contributed by atoms with E-state index in [4.69, 9.17) is 4.74 Å². The summed E-state index contributed by atoms with van der Waals surface area (Å²) in [6.45, 7) is 2.91. The number of rotatable bonds is 8. The van der Waals surface area contributed by atoms with Crippen molar-refractivity contribution in [3.05, 3.63) is 60.8 Å².